The molecule has 1 aliphatic rings. The van der Waals surface area contributed by atoms with Crippen molar-refractivity contribution in [3.63, 3.8) is 0 Å². The van der Waals surface area contributed by atoms with Gasteiger partial charge < -0.3 is 20.7 Å². The van der Waals surface area contributed by atoms with E-state index in [0.717, 1.165) is 6.26 Å². The molecule has 1 aliphatic heterocycles. The Kier molecular flexibility index (Phi) is 6.30. The van der Waals surface area contributed by atoms with Crippen LogP contribution in [-0.4, -0.2) is 56.5 Å². The van der Waals surface area contributed by atoms with E-state index in [4.69, 9.17) is 14.7 Å². The van der Waals surface area contributed by atoms with Gasteiger partial charge in [-0.15, -0.1) is 0 Å². The van der Waals surface area contributed by atoms with Crippen LogP contribution in [0.15, 0.2) is 30.3 Å². The number of carbonyl (C=O) groups is 1. The number of hydrogen-bond donors (Lipinski definition) is 2. The van der Waals surface area contributed by atoms with Crippen LogP contribution in [0.3, 0.4) is 0 Å². The zero-order valence-corrected chi connectivity index (χ0v) is 17.0. The normalized spacial score (nSPS) is 17.2. The van der Waals surface area contributed by atoms with Gasteiger partial charge in [-0.25, -0.2) is 14.8 Å². The molecule has 2 heterocycles. The molecule has 29 heavy (non-hydrogen) atoms. The number of aromatic nitrogens is 2. The zero-order chi connectivity index (χ0) is 21.0. The van der Waals surface area contributed by atoms with E-state index in [1.165, 1.54) is 0 Å². The van der Waals surface area contributed by atoms with Crippen LogP contribution in [0.5, 0.6) is 0 Å². The average Bonchev–Trinajstić information content (AvgIpc) is 2.66. The molecule has 3 N–H and O–H groups in total. The summed E-state index contributed by atoms with van der Waals surface area (Å²) in [6.45, 7) is 3.64. The molecule has 1 aromatic carbocycles. The van der Waals surface area contributed by atoms with Gasteiger partial charge in [-0.05, 0) is 31.2 Å². The number of ether oxygens (including phenoxy) is 1. The quantitative estimate of drug-likeness (QED) is 0.667. The van der Waals surface area contributed by atoms with E-state index >= 15 is 0 Å². The minimum atomic E-state index is -3.61. The molecule has 11 heteroatoms. The Hall–Kier alpha value is -2.76. The number of amides is 2. The van der Waals surface area contributed by atoms with E-state index in [1.807, 2.05) is 6.92 Å². The number of morpholine rings is 1. The van der Waals surface area contributed by atoms with Gasteiger partial charge in [0, 0.05) is 23.9 Å². The predicted molar refractivity (Wildman–Crippen MR) is 108 cm³/mol. The van der Waals surface area contributed by atoms with E-state index in [9.17, 15) is 13.2 Å². The highest BCUT2D eigenvalue weighted by Crippen LogP contribution is 2.24. The summed E-state index contributed by atoms with van der Waals surface area (Å²) >= 11 is 0. The Morgan fingerprint density at radius 2 is 2.07 bits per heavy atom. The van der Waals surface area contributed by atoms with Crippen molar-refractivity contribution in [2.45, 2.75) is 19.6 Å². The molecule has 0 aliphatic carbocycles. The standard InChI is InChI=1S/C18H23N5O5S/c1-12-10-27-8-7-23(12)16-9-15(11-28-29(2,25)26)20-17(22-16)13-3-5-14(6-4-13)21-18(19)24/h3-6,9,12H,7-8,10-11H2,1-2H3,(H3,19,21,24)/t12-/m0/s1. The fourth-order valence-corrected chi connectivity index (χ4v) is 3.25. The highest BCUT2D eigenvalue weighted by atomic mass is 32.2. The fraction of sp³-hybridized carbons (Fsp3) is 0.389. The molecule has 3 rings (SSSR count). The van der Waals surface area contributed by atoms with Crippen molar-refractivity contribution in [3.05, 3.63) is 36.0 Å². The van der Waals surface area contributed by atoms with Crippen molar-refractivity contribution < 1.29 is 22.1 Å². The summed E-state index contributed by atoms with van der Waals surface area (Å²) in [7, 11) is -3.61. The summed E-state index contributed by atoms with van der Waals surface area (Å²) in [4.78, 5) is 22.2. The third kappa shape index (κ3) is 5.86. The highest BCUT2D eigenvalue weighted by Gasteiger charge is 2.22. The van der Waals surface area contributed by atoms with Crippen molar-refractivity contribution in [2.75, 3.05) is 36.2 Å². The molecular formula is C18H23N5O5S. The third-order valence-electron chi connectivity index (χ3n) is 4.26. The van der Waals surface area contributed by atoms with E-state index in [2.05, 4.69) is 20.2 Å². The molecule has 10 nitrogen and oxygen atoms in total. The molecule has 0 radical (unpaired) electrons. The number of benzene rings is 1. The molecule has 0 unspecified atom stereocenters. The van der Waals surface area contributed by atoms with Crippen LogP contribution in [0, 0.1) is 0 Å². The number of primary amides is 1. The van der Waals surface area contributed by atoms with Gasteiger partial charge >= 0.3 is 6.03 Å². The van der Waals surface area contributed by atoms with Gasteiger partial charge in [-0.2, -0.15) is 8.42 Å². The topological polar surface area (TPSA) is 137 Å². The molecule has 0 spiro atoms. The first-order chi connectivity index (χ1) is 13.7. The first-order valence-corrected chi connectivity index (χ1v) is 10.8. The Balaban J connectivity index is 1.96. The first kappa shape index (κ1) is 21.0. The Morgan fingerprint density at radius 1 is 1.34 bits per heavy atom. The van der Waals surface area contributed by atoms with E-state index in [1.54, 1.807) is 30.3 Å². The lowest BCUT2D eigenvalue weighted by atomic mass is 10.2. The third-order valence-corrected chi connectivity index (χ3v) is 4.81. The number of anilines is 2. The summed E-state index contributed by atoms with van der Waals surface area (Å²) in [6, 6.07) is 8.03. The monoisotopic (exact) mass is 421 g/mol. The molecule has 1 fully saturated rings. The van der Waals surface area contributed by atoms with Gasteiger partial charge in [0.15, 0.2) is 5.82 Å². The van der Waals surface area contributed by atoms with Gasteiger partial charge in [-0.1, -0.05) is 0 Å². The summed E-state index contributed by atoms with van der Waals surface area (Å²) < 4.78 is 33.2. The van der Waals surface area contributed by atoms with Crippen molar-refractivity contribution in [1.82, 2.24) is 9.97 Å². The van der Waals surface area contributed by atoms with Gasteiger partial charge in [0.05, 0.1) is 31.2 Å². The van der Waals surface area contributed by atoms with Crippen LogP contribution in [0.1, 0.15) is 12.6 Å². The van der Waals surface area contributed by atoms with Crippen molar-refractivity contribution in [1.29, 1.82) is 0 Å². The zero-order valence-electron chi connectivity index (χ0n) is 16.2. The number of carbonyl (C=O) groups excluding carboxylic acids is 1. The van der Waals surface area contributed by atoms with Gasteiger partial charge in [0.25, 0.3) is 10.1 Å². The lowest BCUT2D eigenvalue weighted by molar-refractivity contribution is 0.0985. The Bertz CT molecular complexity index is 981. The molecule has 156 valence electrons. The van der Waals surface area contributed by atoms with Crippen LogP contribution in [-0.2, 0) is 25.6 Å². The molecular weight excluding hydrogens is 398 g/mol. The Morgan fingerprint density at radius 3 is 2.69 bits per heavy atom. The molecule has 2 aromatic rings. The SMILES string of the molecule is C[C@H]1COCCN1c1cc(COS(C)(=O)=O)nc(-c2ccc(NC(N)=O)cc2)n1. The van der Waals surface area contributed by atoms with Crippen LogP contribution in [0.25, 0.3) is 11.4 Å². The van der Waals surface area contributed by atoms with Crippen molar-refractivity contribution >= 4 is 27.7 Å². The molecule has 1 saturated heterocycles. The molecule has 1 atom stereocenters. The van der Waals surface area contributed by atoms with E-state index < -0.39 is 16.1 Å². The predicted octanol–water partition coefficient (Wildman–Crippen LogP) is 1.34. The van der Waals surface area contributed by atoms with Gasteiger partial charge in [0.2, 0.25) is 0 Å². The van der Waals surface area contributed by atoms with Gasteiger partial charge in [-0.3, -0.25) is 4.18 Å². The lowest BCUT2D eigenvalue weighted by Gasteiger charge is -2.34. The summed E-state index contributed by atoms with van der Waals surface area (Å²) in [5.74, 6) is 1.08. The number of nitrogens with one attached hydrogen (secondary N) is 1. The molecule has 0 bridgehead atoms. The number of nitrogens with zero attached hydrogens (tertiary/aromatic N) is 3. The second kappa shape index (κ2) is 8.72. The largest absolute Gasteiger partial charge is 0.377 e. The number of hydrogen-bond acceptors (Lipinski definition) is 8. The smallest absolute Gasteiger partial charge is 0.316 e. The van der Waals surface area contributed by atoms with Crippen LogP contribution < -0.4 is 16.0 Å². The van der Waals surface area contributed by atoms with Crippen molar-refractivity contribution in [3.8, 4) is 11.4 Å². The minimum Gasteiger partial charge on any atom is -0.377 e. The second-order valence-electron chi connectivity index (χ2n) is 6.69. The molecule has 0 saturated carbocycles. The minimum absolute atomic E-state index is 0.109. The van der Waals surface area contributed by atoms with Crippen molar-refractivity contribution in [2.24, 2.45) is 5.73 Å². The van der Waals surface area contributed by atoms with E-state index in [-0.39, 0.29) is 12.6 Å². The summed E-state index contributed by atoms with van der Waals surface area (Å²) in [6.07, 6.45) is 0.991. The molecule has 1 aromatic heterocycles. The number of nitrogens with two attached hydrogens (primary N) is 1. The molecule has 2 amide bonds. The van der Waals surface area contributed by atoms with Crippen LogP contribution in [0.2, 0.25) is 0 Å². The van der Waals surface area contributed by atoms with Gasteiger partial charge in [0.1, 0.15) is 12.4 Å². The lowest BCUT2D eigenvalue weighted by Crippen LogP contribution is -2.44. The highest BCUT2D eigenvalue weighted by molar-refractivity contribution is 7.85. The Labute approximate surface area is 169 Å². The maximum absolute atomic E-state index is 11.4. The maximum atomic E-state index is 11.4. The van der Waals surface area contributed by atoms with Crippen LogP contribution in [0.4, 0.5) is 16.3 Å². The van der Waals surface area contributed by atoms with Crippen LogP contribution >= 0.6 is 0 Å². The average molecular weight is 421 g/mol. The fourth-order valence-electron chi connectivity index (χ4n) is 2.91. The number of rotatable bonds is 6. The number of urea groups is 1. The maximum Gasteiger partial charge on any atom is 0.316 e. The van der Waals surface area contributed by atoms with E-state index in [0.29, 0.717) is 48.3 Å². The summed E-state index contributed by atoms with van der Waals surface area (Å²) in [5.41, 5.74) is 6.80. The first-order valence-electron chi connectivity index (χ1n) is 8.95. The second-order valence-corrected chi connectivity index (χ2v) is 8.34. The summed E-state index contributed by atoms with van der Waals surface area (Å²) in [5, 5.41) is 2.49.